The van der Waals surface area contributed by atoms with Crippen LogP contribution in [0.3, 0.4) is 0 Å². The number of aliphatic hydroxyl groups is 1. The van der Waals surface area contributed by atoms with Crippen molar-refractivity contribution in [2.24, 2.45) is 5.92 Å². The molecule has 2 atom stereocenters. The summed E-state index contributed by atoms with van der Waals surface area (Å²) in [5, 5.41) is 12.6. The molecule has 0 aromatic heterocycles. The van der Waals surface area contributed by atoms with E-state index in [4.69, 9.17) is 5.11 Å². The second-order valence-electron chi connectivity index (χ2n) is 5.05. The third kappa shape index (κ3) is 3.16. The van der Waals surface area contributed by atoms with Crippen LogP contribution in [-0.2, 0) is 0 Å². The molecule has 2 rings (SSSR count). The maximum atomic E-state index is 9.04. The van der Waals surface area contributed by atoms with Crippen molar-refractivity contribution in [1.82, 2.24) is 10.2 Å². The number of nitrogens with one attached hydrogen (secondary N) is 1. The van der Waals surface area contributed by atoms with Gasteiger partial charge in [0.25, 0.3) is 0 Å². The fraction of sp³-hybridized carbons (Fsp3) is 1.00. The topological polar surface area (TPSA) is 35.5 Å². The molecule has 2 N–H and O–H groups in total. The minimum Gasteiger partial charge on any atom is -0.396 e. The summed E-state index contributed by atoms with van der Waals surface area (Å²) in [7, 11) is 0. The number of hydrogen-bond donors (Lipinski definition) is 2. The predicted octanol–water partition coefficient (Wildman–Crippen LogP) is 0.831. The number of likely N-dealkylation sites (tertiary alicyclic amines) is 1. The van der Waals surface area contributed by atoms with Gasteiger partial charge in [-0.05, 0) is 38.1 Å². The highest BCUT2D eigenvalue weighted by Gasteiger charge is 2.35. The Balaban J connectivity index is 1.85. The first-order valence-corrected chi connectivity index (χ1v) is 6.41. The molecule has 1 aliphatic heterocycles. The van der Waals surface area contributed by atoms with Gasteiger partial charge in [-0.25, -0.2) is 0 Å². The minimum absolute atomic E-state index is 0.349. The van der Waals surface area contributed by atoms with E-state index in [0.29, 0.717) is 18.6 Å². The van der Waals surface area contributed by atoms with Crippen LogP contribution in [0.2, 0.25) is 0 Å². The largest absolute Gasteiger partial charge is 0.396 e. The van der Waals surface area contributed by atoms with Crippen LogP contribution in [0, 0.1) is 5.92 Å². The van der Waals surface area contributed by atoms with Crippen LogP contribution in [0.4, 0.5) is 0 Å². The summed E-state index contributed by atoms with van der Waals surface area (Å²) in [6.45, 7) is 6.03. The maximum Gasteiger partial charge on any atom is 0.0434 e. The average molecular weight is 212 g/mol. The molecule has 3 nitrogen and oxygen atoms in total. The molecule has 0 radical (unpaired) electrons. The van der Waals surface area contributed by atoms with E-state index in [1.807, 2.05) is 0 Å². The van der Waals surface area contributed by atoms with Crippen molar-refractivity contribution in [2.75, 3.05) is 26.2 Å². The van der Waals surface area contributed by atoms with Crippen LogP contribution in [0.5, 0.6) is 0 Å². The molecule has 0 aromatic carbocycles. The van der Waals surface area contributed by atoms with E-state index < -0.39 is 0 Å². The normalized spacial score (nSPS) is 33.2. The van der Waals surface area contributed by atoms with Crippen LogP contribution in [0.25, 0.3) is 0 Å². The van der Waals surface area contributed by atoms with Crippen LogP contribution >= 0.6 is 0 Å². The van der Waals surface area contributed by atoms with Crippen LogP contribution < -0.4 is 5.32 Å². The lowest BCUT2D eigenvalue weighted by atomic mass is 9.91. The molecule has 2 fully saturated rings. The lowest BCUT2D eigenvalue weighted by Crippen LogP contribution is -2.50. The molecule has 1 heterocycles. The van der Waals surface area contributed by atoms with Crippen molar-refractivity contribution in [1.29, 1.82) is 0 Å². The van der Waals surface area contributed by atoms with Gasteiger partial charge in [0.15, 0.2) is 0 Å². The molecular weight excluding hydrogens is 188 g/mol. The lowest BCUT2D eigenvalue weighted by Gasteiger charge is -2.38. The SMILES string of the molecule is CCNC1CC(CCO)CN(C2CC2)C1. The van der Waals surface area contributed by atoms with Gasteiger partial charge in [-0.3, -0.25) is 4.90 Å². The monoisotopic (exact) mass is 212 g/mol. The molecule has 1 aliphatic carbocycles. The summed E-state index contributed by atoms with van der Waals surface area (Å²) in [5.74, 6) is 0.702. The predicted molar refractivity (Wildman–Crippen MR) is 61.9 cm³/mol. The van der Waals surface area contributed by atoms with E-state index >= 15 is 0 Å². The second-order valence-corrected chi connectivity index (χ2v) is 5.05. The molecule has 0 aromatic rings. The van der Waals surface area contributed by atoms with Gasteiger partial charge in [0.05, 0.1) is 0 Å². The summed E-state index contributed by atoms with van der Waals surface area (Å²) in [6.07, 6.45) is 5.01. The molecule has 0 bridgehead atoms. The number of hydrogen-bond acceptors (Lipinski definition) is 3. The van der Waals surface area contributed by atoms with E-state index in [0.717, 1.165) is 19.0 Å². The number of nitrogens with zero attached hydrogens (tertiary/aromatic N) is 1. The molecule has 15 heavy (non-hydrogen) atoms. The number of aliphatic hydroxyl groups excluding tert-OH is 1. The zero-order chi connectivity index (χ0) is 10.7. The number of rotatable bonds is 5. The zero-order valence-corrected chi connectivity index (χ0v) is 9.78. The molecular formula is C12H24N2O. The standard InChI is InChI=1S/C12H24N2O/c1-2-13-11-7-10(5-6-15)8-14(9-11)12-3-4-12/h10-13,15H,2-9H2,1H3. The summed E-state index contributed by atoms with van der Waals surface area (Å²) in [6, 6.07) is 1.52. The van der Waals surface area contributed by atoms with Crippen molar-refractivity contribution in [3.8, 4) is 0 Å². The van der Waals surface area contributed by atoms with Gasteiger partial charge in [-0.1, -0.05) is 6.92 Å². The van der Waals surface area contributed by atoms with Crippen LogP contribution in [0.1, 0.15) is 32.6 Å². The Kier molecular flexibility index (Phi) is 4.00. The molecule has 1 saturated heterocycles. The van der Waals surface area contributed by atoms with Gasteiger partial charge in [-0.15, -0.1) is 0 Å². The quantitative estimate of drug-likeness (QED) is 0.708. The van der Waals surface area contributed by atoms with Crippen molar-refractivity contribution < 1.29 is 5.11 Å². The van der Waals surface area contributed by atoms with Crippen molar-refractivity contribution >= 4 is 0 Å². The Morgan fingerprint density at radius 3 is 2.73 bits per heavy atom. The highest BCUT2D eigenvalue weighted by molar-refractivity contribution is 4.92. The van der Waals surface area contributed by atoms with Gasteiger partial charge >= 0.3 is 0 Å². The second kappa shape index (κ2) is 5.28. The Hall–Kier alpha value is -0.120. The van der Waals surface area contributed by atoms with E-state index in [1.54, 1.807) is 0 Å². The molecule has 0 spiro atoms. The molecule has 2 aliphatic rings. The van der Waals surface area contributed by atoms with E-state index in [-0.39, 0.29) is 0 Å². The summed E-state index contributed by atoms with van der Waals surface area (Å²) in [4.78, 5) is 2.64. The Morgan fingerprint density at radius 1 is 1.33 bits per heavy atom. The van der Waals surface area contributed by atoms with Crippen molar-refractivity contribution in [3.05, 3.63) is 0 Å². The first-order valence-electron chi connectivity index (χ1n) is 6.41. The van der Waals surface area contributed by atoms with E-state index in [1.165, 1.54) is 32.4 Å². The molecule has 3 heteroatoms. The average Bonchev–Trinajstić information content (AvgIpc) is 3.01. The summed E-state index contributed by atoms with van der Waals surface area (Å²) >= 11 is 0. The first kappa shape index (κ1) is 11.4. The molecule has 0 amide bonds. The Bertz CT molecular complexity index is 180. The van der Waals surface area contributed by atoms with Crippen molar-refractivity contribution in [2.45, 2.75) is 44.7 Å². The highest BCUT2D eigenvalue weighted by atomic mass is 16.3. The van der Waals surface area contributed by atoms with Gasteiger partial charge in [-0.2, -0.15) is 0 Å². The van der Waals surface area contributed by atoms with Crippen LogP contribution in [0.15, 0.2) is 0 Å². The number of piperidine rings is 1. The Morgan fingerprint density at radius 2 is 2.13 bits per heavy atom. The first-order chi connectivity index (χ1) is 7.33. The van der Waals surface area contributed by atoms with Gasteiger partial charge < -0.3 is 10.4 Å². The fourth-order valence-electron chi connectivity index (χ4n) is 2.81. The molecule has 88 valence electrons. The van der Waals surface area contributed by atoms with Gasteiger partial charge in [0.1, 0.15) is 0 Å². The highest BCUT2D eigenvalue weighted by Crippen LogP contribution is 2.31. The Labute approximate surface area is 92.8 Å². The maximum absolute atomic E-state index is 9.04. The molecule has 2 unspecified atom stereocenters. The number of likely N-dealkylation sites (N-methyl/N-ethyl adjacent to an activating group) is 1. The summed E-state index contributed by atoms with van der Waals surface area (Å²) in [5.41, 5.74) is 0. The smallest absolute Gasteiger partial charge is 0.0434 e. The van der Waals surface area contributed by atoms with Crippen LogP contribution in [-0.4, -0.2) is 48.3 Å². The zero-order valence-electron chi connectivity index (χ0n) is 9.78. The lowest BCUT2D eigenvalue weighted by molar-refractivity contribution is 0.115. The fourth-order valence-corrected chi connectivity index (χ4v) is 2.81. The third-order valence-electron chi connectivity index (χ3n) is 3.66. The van der Waals surface area contributed by atoms with Gasteiger partial charge in [0.2, 0.25) is 0 Å². The van der Waals surface area contributed by atoms with Crippen molar-refractivity contribution in [3.63, 3.8) is 0 Å². The molecule has 1 saturated carbocycles. The van der Waals surface area contributed by atoms with E-state index in [2.05, 4.69) is 17.1 Å². The third-order valence-corrected chi connectivity index (χ3v) is 3.66. The minimum atomic E-state index is 0.349. The van der Waals surface area contributed by atoms with E-state index in [9.17, 15) is 0 Å². The van der Waals surface area contributed by atoms with Gasteiger partial charge in [0, 0.05) is 31.8 Å². The summed E-state index contributed by atoms with van der Waals surface area (Å²) < 4.78 is 0.